The van der Waals surface area contributed by atoms with Crippen molar-refractivity contribution in [2.45, 2.75) is 14.0 Å². The van der Waals surface area contributed by atoms with Gasteiger partial charge in [0.2, 0.25) is 0 Å². The Morgan fingerprint density at radius 3 is 2.54 bits per heavy atom. The minimum absolute atomic E-state index is 0. The number of nitrogens with zero attached hydrogens (tertiary/aromatic N) is 2. The average Bonchev–Trinajstić information content (AvgIpc) is 2.52. The second-order valence-corrected chi connectivity index (χ2v) is 4.71. The quantitative estimate of drug-likeness (QED) is 0.771. The van der Waals surface area contributed by atoms with Gasteiger partial charge in [-0.25, -0.2) is 18.2 Å². The van der Waals surface area contributed by atoms with Gasteiger partial charge in [-0.15, -0.1) is 0 Å². The smallest absolute Gasteiger partial charge is 0.265 e. The summed E-state index contributed by atoms with van der Waals surface area (Å²) in [5, 5.41) is 12.0. The molecule has 1 aromatic carbocycles. The van der Waals surface area contributed by atoms with Crippen LogP contribution in [0.3, 0.4) is 0 Å². The lowest BCUT2D eigenvalue weighted by atomic mass is 10.2. The molecule has 3 rings (SSSR count). The highest BCUT2D eigenvalue weighted by atomic mass is 19.2. The summed E-state index contributed by atoms with van der Waals surface area (Å²) >= 11 is 0. The van der Waals surface area contributed by atoms with Crippen LogP contribution in [-0.2, 0) is 6.61 Å². The minimum atomic E-state index is -1.09. The first kappa shape index (κ1) is 17.5. The van der Waals surface area contributed by atoms with Crippen molar-refractivity contribution in [1.82, 2.24) is 9.38 Å². The molecule has 8 heteroatoms. The molecule has 0 bridgehead atoms. The van der Waals surface area contributed by atoms with E-state index in [2.05, 4.69) is 10.3 Å². The van der Waals surface area contributed by atoms with Gasteiger partial charge in [-0.3, -0.25) is 9.20 Å². The van der Waals surface area contributed by atoms with Crippen LogP contribution < -0.4 is 10.9 Å². The Labute approximate surface area is 135 Å². The summed E-state index contributed by atoms with van der Waals surface area (Å²) in [7, 11) is 0. The molecule has 0 radical (unpaired) electrons. The van der Waals surface area contributed by atoms with Crippen molar-refractivity contribution >= 4 is 17.2 Å². The monoisotopic (exact) mass is 337 g/mol. The first-order valence-corrected chi connectivity index (χ1v) is 6.54. The number of aromatic nitrogens is 2. The molecular formula is C16H14F3N3O2. The molecule has 0 spiro atoms. The summed E-state index contributed by atoms with van der Waals surface area (Å²) in [5.74, 6) is -2.99. The number of anilines is 2. The van der Waals surface area contributed by atoms with Crippen molar-refractivity contribution in [1.29, 1.82) is 0 Å². The maximum absolute atomic E-state index is 13.8. The molecule has 5 nitrogen and oxygen atoms in total. The number of aliphatic hydroxyl groups excluding tert-OH is 1. The van der Waals surface area contributed by atoms with Crippen molar-refractivity contribution in [3.05, 3.63) is 69.9 Å². The number of nitrogens with one attached hydrogen (secondary N) is 1. The van der Waals surface area contributed by atoms with Crippen molar-refractivity contribution in [2.75, 3.05) is 5.32 Å². The summed E-state index contributed by atoms with van der Waals surface area (Å²) in [4.78, 5) is 16.2. The normalized spacial score (nSPS) is 10.5. The van der Waals surface area contributed by atoms with Crippen molar-refractivity contribution in [3.8, 4) is 0 Å². The van der Waals surface area contributed by atoms with Crippen molar-refractivity contribution in [3.63, 3.8) is 0 Å². The van der Waals surface area contributed by atoms with Gasteiger partial charge in [-0.1, -0.05) is 7.43 Å². The highest BCUT2D eigenvalue weighted by Crippen LogP contribution is 2.20. The molecule has 0 fully saturated rings. The average molecular weight is 337 g/mol. The molecule has 2 N–H and O–H groups in total. The molecule has 0 saturated heterocycles. The van der Waals surface area contributed by atoms with Gasteiger partial charge in [0.25, 0.3) is 5.56 Å². The van der Waals surface area contributed by atoms with Crippen LogP contribution in [0.15, 0.2) is 41.3 Å². The number of hydrogen-bond donors (Lipinski definition) is 2. The van der Waals surface area contributed by atoms with E-state index in [1.165, 1.54) is 18.3 Å². The number of hydrogen-bond acceptors (Lipinski definition) is 4. The lowest BCUT2D eigenvalue weighted by Crippen LogP contribution is -2.22. The molecule has 2 aromatic heterocycles. The van der Waals surface area contributed by atoms with Crippen molar-refractivity contribution in [2.24, 2.45) is 0 Å². The first-order valence-electron chi connectivity index (χ1n) is 6.54. The molecule has 0 atom stereocenters. The predicted molar refractivity (Wildman–Crippen MR) is 83.7 cm³/mol. The molecule has 0 aliphatic heterocycles. The molecule has 0 aliphatic carbocycles. The van der Waals surface area contributed by atoms with Gasteiger partial charge >= 0.3 is 0 Å². The SMILES string of the molecule is C.O=c1c(CO)c(Nc2ccc(F)c(F)c2)nc2c(F)cccn12. The molecule has 24 heavy (non-hydrogen) atoms. The second-order valence-electron chi connectivity index (χ2n) is 4.71. The second kappa shape index (κ2) is 6.71. The number of rotatable bonds is 3. The van der Waals surface area contributed by atoms with Gasteiger partial charge in [0.15, 0.2) is 23.1 Å². The number of fused-ring (bicyclic) bond motifs is 1. The summed E-state index contributed by atoms with van der Waals surface area (Å²) in [6.45, 7) is -0.655. The van der Waals surface area contributed by atoms with Gasteiger partial charge in [-0.05, 0) is 24.3 Å². The van der Waals surface area contributed by atoms with Crippen LogP contribution in [0.2, 0.25) is 0 Å². The zero-order valence-corrected chi connectivity index (χ0v) is 11.6. The summed E-state index contributed by atoms with van der Waals surface area (Å²) in [6, 6.07) is 5.44. The van der Waals surface area contributed by atoms with E-state index in [1.807, 2.05) is 0 Å². The first-order chi connectivity index (χ1) is 11.0. The molecule has 126 valence electrons. The molecule has 0 amide bonds. The highest BCUT2D eigenvalue weighted by molar-refractivity contribution is 5.61. The lowest BCUT2D eigenvalue weighted by molar-refractivity contribution is 0.280. The fourth-order valence-corrected chi connectivity index (χ4v) is 2.12. The Morgan fingerprint density at radius 1 is 1.12 bits per heavy atom. The number of halogens is 3. The summed E-state index contributed by atoms with van der Waals surface area (Å²) in [6.07, 6.45) is 1.31. The Kier molecular flexibility index (Phi) is 4.89. The summed E-state index contributed by atoms with van der Waals surface area (Å²) < 4.78 is 41.0. The standard InChI is InChI=1S/C15H10F3N3O2.CH4/c16-10-4-3-8(6-12(10)18)19-13-9(7-22)15(23)21-5-1-2-11(17)14(21)20-13;/h1-6,19,22H,7H2;1H4. The Morgan fingerprint density at radius 2 is 1.88 bits per heavy atom. The van der Waals surface area contributed by atoms with Crippen LogP contribution in [0.1, 0.15) is 13.0 Å². The fraction of sp³-hybridized carbons (Fsp3) is 0.125. The zero-order chi connectivity index (χ0) is 16.6. The summed E-state index contributed by atoms with van der Waals surface area (Å²) in [5.41, 5.74) is -0.939. The van der Waals surface area contributed by atoms with E-state index in [0.29, 0.717) is 0 Å². The fourth-order valence-electron chi connectivity index (χ4n) is 2.12. The van der Waals surface area contributed by atoms with Crippen LogP contribution in [0.5, 0.6) is 0 Å². The Hall–Kier alpha value is -2.87. The van der Waals surface area contributed by atoms with Crippen LogP contribution in [0.25, 0.3) is 5.65 Å². The highest BCUT2D eigenvalue weighted by Gasteiger charge is 2.15. The zero-order valence-electron chi connectivity index (χ0n) is 11.6. The number of benzene rings is 1. The van der Waals surface area contributed by atoms with Gasteiger partial charge < -0.3 is 10.4 Å². The maximum atomic E-state index is 13.8. The molecular weight excluding hydrogens is 323 g/mol. The van der Waals surface area contributed by atoms with E-state index in [1.54, 1.807) is 0 Å². The van der Waals surface area contributed by atoms with Gasteiger partial charge in [0, 0.05) is 18.0 Å². The topological polar surface area (TPSA) is 66.6 Å². The van der Waals surface area contributed by atoms with Crippen LogP contribution in [0, 0.1) is 17.5 Å². The van der Waals surface area contributed by atoms with Crippen LogP contribution in [-0.4, -0.2) is 14.5 Å². The minimum Gasteiger partial charge on any atom is -0.391 e. The molecule has 2 heterocycles. The van der Waals surface area contributed by atoms with Crippen LogP contribution >= 0.6 is 0 Å². The lowest BCUT2D eigenvalue weighted by Gasteiger charge is -2.11. The predicted octanol–water partition coefficient (Wildman–Crippen LogP) is 2.98. The van der Waals surface area contributed by atoms with E-state index < -0.39 is 29.6 Å². The van der Waals surface area contributed by atoms with E-state index in [9.17, 15) is 23.1 Å². The van der Waals surface area contributed by atoms with Gasteiger partial charge in [0.05, 0.1) is 12.2 Å². The number of aliphatic hydroxyl groups is 1. The third-order valence-corrected chi connectivity index (χ3v) is 3.24. The molecule has 0 aliphatic rings. The Balaban J connectivity index is 0.00000208. The van der Waals surface area contributed by atoms with Gasteiger partial charge in [0.1, 0.15) is 5.82 Å². The third-order valence-electron chi connectivity index (χ3n) is 3.24. The van der Waals surface area contributed by atoms with E-state index in [-0.39, 0.29) is 30.1 Å². The van der Waals surface area contributed by atoms with Crippen LogP contribution in [0.4, 0.5) is 24.7 Å². The molecule has 0 unspecified atom stereocenters. The van der Waals surface area contributed by atoms with Gasteiger partial charge in [-0.2, -0.15) is 0 Å². The van der Waals surface area contributed by atoms with E-state index >= 15 is 0 Å². The third kappa shape index (κ3) is 2.95. The molecule has 3 aromatic rings. The van der Waals surface area contributed by atoms with Crippen molar-refractivity contribution < 1.29 is 18.3 Å². The van der Waals surface area contributed by atoms with E-state index in [4.69, 9.17) is 0 Å². The number of pyridine rings is 1. The van der Waals surface area contributed by atoms with E-state index in [0.717, 1.165) is 22.6 Å². The Bertz CT molecular complexity index is 957. The largest absolute Gasteiger partial charge is 0.391 e. The molecule has 0 saturated carbocycles. The maximum Gasteiger partial charge on any atom is 0.265 e.